The molecule has 0 bridgehead atoms. The van der Waals surface area contributed by atoms with Gasteiger partial charge in [-0.2, -0.15) is 0 Å². The van der Waals surface area contributed by atoms with E-state index < -0.39 is 11.6 Å². The number of alkyl halides is 1. The van der Waals surface area contributed by atoms with Crippen molar-refractivity contribution >= 4 is 17.5 Å². The minimum atomic E-state index is -1.77. The van der Waals surface area contributed by atoms with Crippen molar-refractivity contribution in [1.29, 1.82) is 0 Å². The molecular weight excluding hydrogens is 255 g/mol. The molecule has 1 unspecified atom stereocenters. The van der Waals surface area contributed by atoms with Gasteiger partial charge in [0, 0.05) is 31.6 Å². The van der Waals surface area contributed by atoms with Crippen LogP contribution in [0.5, 0.6) is 0 Å². The van der Waals surface area contributed by atoms with E-state index in [1.54, 1.807) is 13.1 Å². The van der Waals surface area contributed by atoms with Crippen LogP contribution in [0.2, 0.25) is 5.02 Å². The minimum Gasteiger partial charge on any atom is -0.339 e. The molecule has 0 radical (unpaired) electrons. The molecule has 98 valence electrons. The average molecular weight is 271 g/mol. The number of hydrogen-bond donors (Lipinski definition) is 1. The fourth-order valence-electron chi connectivity index (χ4n) is 2.14. The third-order valence-corrected chi connectivity index (χ3v) is 3.57. The molecule has 1 fully saturated rings. The smallest absolute Gasteiger partial charge is 0.261 e. The number of halogens is 2. The first-order valence-corrected chi connectivity index (χ1v) is 6.29. The molecule has 3 nitrogen and oxygen atoms in total. The van der Waals surface area contributed by atoms with E-state index >= 15 is 0 Å². The van der Waals surface area contributed by atoms with Crippen molar-refractivity contribution in [2.24, 2.45) is 0 Å². The molecule has 1 aliphatic heterocycles. The van der Waals surface area contributed by atoms with Gasteiger partial charge in [0.1, 0.15) is 0 Å². The Morgan fingerprint density at radius 2 is 2.28 bits per heavy atom. The lowest BCUT2D eigenvalue weighted by atomic mass is 10.0. The first-order chi connectivity index (χ1) is 8.53. The molecule has 1 atom stereocenters. The molecule has 1 amide bonds. The molecule has 1 aliphatic rings. The van der Waals surface area contributed by atoms with Gasteiger partial charge in [-0.1, -0.05) is 29.8 Å². The highest BCUT2D eigenvalue weighted by Crippen LogP contribution is 2.24. The maximum Gasteiger partial charge on any atom is 0.261 e. The second-order valence-corrected chi connectivity index (χ2v) is 5.05. The Labute approximate surface area is 111 Å². The lowest BCUT2D eigenvalue weighted by Crippen LogP contribution is -2.45. The first kappa shape index (κ1) is 13.3. The zero-order valence-electron chi connectivity index (χ0n) is 10.2. The molecule has 0 aromatic heterocycles. The fourth-order valence-corrected chi connectivity index (χ4v) is 2.34. The molecule has 1 aromatic carbocycles. The molecule has 5 heteroatoms. The Morgan fingerprint density at radius 1 is 1.56 bits per heavy atom. The van der Waals surface area contributed by atoms with Gasteiger partial charge in [0.15, 0.2) is 0 Å². The second-order valence-electron chi connectivity index (χ2n) is 4.64. The van der Waals surface area contributed by atoms with Crippen molar-refractivity contribution in [3.8, 4) is 0 Å². The summed E-state index contributed by atoms with van der Waals surface area (Å²) in [7, 11) is 1.60. The number of carbonyl (C=O) groups is 1. The van der Waals surface area contributed by atoms with E-state index in [4.69, 9.17) is 11.6 Å². The number of carbonyl (C=O) groups excluding carboxylic acids is 1. The van der Waals surface area contributed by atoms with Crippen molar-refractivity contribution in [2.75, 3.05) is 20.1 Å². The fraction of sp³-hybridized carbons (Fsp3) is 0.462. The number of amides is 1. The van der Waals surface area contributed by atoms with Crippen LogP contribution in [0.4, 0.5) is 4.39 Å². The van der Waals surface area contributed by atoms with E-state index in [9.17, 15) is 9.18 Å². The summed E-state index contributed by atoms with van der Waals surface area (Å²) in [6, 6.07) is 7.27. The highest BCUT2D eigenvalue weighted by molar-refractivity contribution is 6.31. The van der Waals surface area contributed by atoms with Gasteiger partial charge in [-0.25, -0.2) is 4.39 Å². The maximum absolute atomic E-state index is 14.3. The lowest BCUT2D eigenvalue weighted by Gasteiger charge is -2.25. The van der Waals surface area contributed by atoms with E-state index in [2.05, 4.69) is 5.32 Å². The second kappa shape index (κ2) is 5.24. The van der Waals surface area contributed by atoms with Gasteiger partial charge < -0.3 is 10.2 Å². The maximum atomic E-state index is 14.3. The predicted octanol–water partition coefficient (Wildman–Crippen LogP) is 2.00. The summed E-state index contributed by atoms with van der Waals surface area (Å²) in [5.41, 5.74) is -0.944. The average Bonchev–Trinajstić information content (AvgIpc) is 2.79. The monoisotopic (exact) mass is 270 g/mol. The standard InChI is InChI=1S/C13H16ClFN2O/c1-17(8-10-4-2-3-5-11(10)14)12(18)13(15)6-7-16-9-13/h2-5,16H,6-9H2,1H3. The van der Waals surface area contributed by atoms with E-state index in [0.717, 1.165) is 5.56 Å². The number of rotatable bonds is 3. The molecule has 0 spiro atoms. The number of nitrogens with one attached hydrogen (secondary N) is 1. The normalized spacial score (nSPS) is 23.1. The van der Waals surface area contributed by atoms with Gasteiger partial charge in [-0.3, -0.25) is 4.79 Å². The Bertz CT molecular complexity index is 446. The molecule has 1 aromatic rings. The topological polar surface area (TPSA) is 32.3 Å². The highest BCUT2D eigenvalue weighted by Gasteiger charge is 2.43. The van der Waals surface area contributed by atoms with E-state index in [1.807, 2.05) is 18.2 Å². The van der Waals surface area contributed by atoms with Gasteiger partial charge >= 0.3 is 0 Å². The van der Waals surface area contributed by atoms with Crippen LogP contribution in [0.3, 0.4) is 0 Å². The van der Waals surface area contributed by atoms with Crippen molar-refractivity contribution in [3.05, 3.63) is 34.9 Å². The van der Waals surface area contributed by atoms with Crippen molar-refractivity contribution < 1.29 is 9.18 Å². The Kier molecular flexibility index (Phi) is 3.88. The van der Waals surface area contributed by atoms with E-state index in [1.165, 1.54) is 4.90 Å². The van der Waals surface area contributed by atoms with E-state index in [-0.39, 0.29) is 13.0 Å². The highest BCUT2D eigenvalue weighted by atomic mass is 35.5. The summed E-state index contributed by atoms with van der Waals surface area (Å²) >= 11 is 6.02. The van der Waals surface area contributed by atoms with Crippen LogP contribution in [-0.4, -0.2) is 36.6 Å². The first-order valence-electron chi connectivity index (χ1n) is 5.91. The van der Waals surface area contributed by atoms with Gasteiger partial charge in [-0.15, -0.1) is 0 Å². The van der Waals surface area contributed by atoms with Crippen molar-refractivity contribution in [1.82, 2.24) is 10.2 Å². The molecular formula is C13H16ClFN2O. The summed E-state index contributed by atoms with van der Waals surface area (Å²) in [5, 5.41) is 3.47. The van der Waals surface area contributed by atoms with Crippen molar-refractivity contribution in [3.63, 3.8) is 0 Å². The van der Waals surface area contributed by atoms with Gasteiger partial charge in [0.25, 0.3) is 5.91 Å². The largest absolute Gasteiger partial charge is 0.339 e. The molecule has 1 saturated heterocycles. The van der Waals surface area contributed by atoms with Crippen LogP contribution in [-0.2, 0) is 11.3 Å². The SMILES string of the molecule is CN(Cc1ccccc1Cl)C(=O)C1(F)CCNC1. The molecule has 1 N–H and O–H groups in total. The number of hydrogen-bond acceptors (Lipinski definition) is 2. The van der Waals surface area contributed by atoms with Crippen LogP contribution in [0.25, 0.3) is 0 Å². The molecule has 0 aliphatic carbocycles. The predicted molar refractivity (Wildman–Crippen MR) is 69.3 cm³/mol. The Hall–Kier alpha value is -1.13. The van der Waals surface area contributed by atoms with E-state index in [0.29, 0.717) is 18.1 Å². The van der Waals surface area contributed by atoms with Crippen molar-refractivity contribution in [2.45, 2.75) is 18.6 Å². The summed E-state index contributed by atoms with van der Waals surface area (Å²) in [6.07, 6.45) is 0.235. The quantitative estimate of drug-likeness (QED) is 0.911. The van der Waals surface area contributed by atoms with Crippen LogP contribution >= 0.6 is 11.6 Å². The zero-order valence-corrected chi connectivity index (χ0v) is 11.0. The lowest BCUT2D eigenvalue weighted by molar-refractivity contribution is -0.142. The number of nitrogens with zero attached hydrogens (tertiary/aromatic N) is 1. The molecule has 18 heavy (non-hydrogen) atoms. The zero-order chi connectivity index (χ0) is 13.2. The van der Waals surface area contributed by atoms with Gasteiger partial charge in [0.2, 0.25) is 5.67 Å². The minimum absolute atomic E-state index is 0.0959. The Balaban J connectivity index is 2.06. The summed E-state index contributed by atoms with van der Waals surface area (Å²) < 4.78 is 14.3. The van der Waals surface area contributed by atoms with Crippen LogP contribution in [0.1, 0.15) is 12.0 Å². The van der Waals surface area contributed by atoms with Gasteiger partial charge in [-0.05, 0) is 18.2 Å². The third kappa shape index (κ3) is 2.65. The number of benzene rings is 1. The third-order valence-electron chi connectivity index (χ3n) is 3.20. The van der Waals surface area contributed by atoms with Crippen LogP contribution < -0.4 is 5.32 Å². The van der Waals surface area contributed by atoms with Crippen LogP contribution in [0, 0.1) is 0 Å². The Morgan fingerprint density at radius 3 is 2.89 bits per heavy atom. The molecule has 1 heterocycles. The summed E-state index contributed by atoms with van der Waals surface area (Å²) in [4.78, 5) is 13.4. The summed E-state index contributed by atoms with van der Waals surface area (Å²) in [6.45, 7) is 0.963. The van der Waals surface area contributed by atoms with Crippen LogP contribution in [0.15, 0.2) is 24.3 Å². The van der Waals surface area contributed by atoms with Gasteiger partial charge in [0.05, 0.1) is 0 Å². The molecule has 2 rings (SSSR count). The molecule has 0 saturated carbocycles. The summed E-state index contributed by atoms with van der Waals surface area (Å²) in [5.74, 6) is -0.479.